The molecule has 2 N–H and O–H groups in total. The topological polar surface area (TPSA) is 57.3 Å². The molecule has 1 aliphatic heterocycles. The third-order valence-corrected chi connectivity index (χ3v) is 6.34. The fraction of sp³-hybridized carbons (Fsp3) is 0.647. The highest BCUT2D eigenvalue weighted by molar-refractivity contribution is 8.00. The molecule has 2 heterocycles. The number of carbonyl (C=O) groups excluding carboxylic acids is 1. The maximum Gasteiger partial charge on any atom is 0.317 e. The van der Waals surface area contributed by atoms with Crippen LogP contribution in [0.15, 0.2) is 18.3 Å². The summed E-state index contributed by atoms with van der Waals surface area (Å²) in [6.07, 6.45) is 7.97. The molecule has 4 rings (SSSR count). The first-order chi connectivity index (χ1) is 11.3. The molecule has 5 nitrogen and oxygen atoms in total. The Kier molecular flexibility index (Phi) is 4.33. The normalized spacial score (nSPS) is 26.7. The van der Waals surface area contributed by atoms with Crippen molar-refractivity contribution in [1.82, 2.24) is 15.2 Å². The van der Waals surface area contributed by atoms with Crippen molar-refractivity contribution in [2.24, 2.45) is 0 Å². The summed E-state index contributed by atoms with van der Waals surface area (Å²) < 4.78 is 0. The average Bonchev–Trinajstić information content (AvgIpc) is 3.25. The van der Waals surface area contributed by atoms with Gasteiger partial charge in [0.25, 0.3) is 0 Å². The number of urea groups is 1. The minimum Gasteiger partial charge on any atom is -0.367 e. The van der Waals surface area contributed by atoms with E-state index in [0.717, 1.165) is 30.1 Å². The second-order valence-corrected chi connectivity index (χ2v) is 8.07. The molecule has 0 aromatic carbocycles. The molecular weight excluding hydrogens is 308 g/mol. The molecule has 2 aliphatic carbocycles. The molecule has 2 amide bonds. The van der Waals surface area contributed by atoms with E-state index >= 15 is 0 Å². The molecule has 0 radical (unpaired) electrons. The molecule has 3 fully saturated rings. The van der Waals surface area contributed by atoms with Crippen LogP contribution in [-0.2, 0) is 6.54 Å². The summed E-state index contributed by atoms with van der Waals surface area (Å²) in [5.74, 6) is 1.99. The monoisotopic (exact) mass is 332 g/mol. The van der Waals surface area contributed by atoms with Crippen LogP contribution in [0, 0.1) is 0 Å². The first kappa shape index (κ1) is 15.1. The molecule has 1 aromatic rings. The summed E-state index contributed by atoms with van der Waals surface area (Å²) >= 11 is 2.04. The van der Waals surface area contributed by atoms with Gasteiger partial charge in [0.2, 0.25) is 0 Å². The van der Waals surface area contributed by atoms with Crippen LogP contribution in [0.25, 0.3) is 0 Å². The molecule has 1 aromatic heterocycles. The van der Waals surface area contributed by atoms with Crippen LogP contribution in [0.1, 0.15) is 37.7 Å². The highest BCUT2D eigenvalue weighted by Crippen LogP contribution is 2.36. The van der Waals surface area contributed by atoms with E-state index in [2.05, 4.69) is 20.5 Å². The fourth-order valence-corrected chi connectivity index (χ4v) is 5.00. The lowest BCUT2D eigenvalue weighted by molar-refractivity contribution is 0.178. The van der Waals surface area contributed by atoms with Gasteiger partial charge < -0.3 is 15.5 Å². The molecule has 2 atom stereocenters. The molecule has 0 bridgehead atoms. The number of nitrogens with zero attached hydrogens (tertiary/aromatic N) is 2. The Morgan fingerprint density at radius 3 is 3.13 bits per heavy atom. The van der Waals surface area contributed by atoms with Crippen LogP contribution in [0.2, 0.25) is 0 Å². The minimum atomic E-state index is 0.0933. The Hall–Kier alpha value is -1.43. The van der Waals surface area contributed by atoms with Gasteiger partial charge in [-0.05, 0) is 43.4 Å². The smallest absolute Gasteiger partial charge is 0.317 e. The second kappa shape index (κ2) is 6.59. The summed E-state index contributed by atoms with van der Waals surface area (Å²) in [6.45, 7) is 1.45. The zero-order valence-corrected chi connectivity index (χ0v) is 14.1. The summed E-state index contributed by atoms with van der Waals surface area (Å²) in [4.78, 5) is 19.0. The number of thioether (sulfide) groups is 1. The Morgan fingerprint density at radius 2 is 2.26 bits per heavy atom. The largest absolute Gasteiger partial charge is 0.367 e. The number of hydrogen-bond acceptors (Lipinski definition) is 4. The molecule has 23 heavy (non-hydrogen) atoms. The van der Waals surface area contributed by atoms with Crippen LogP contribution in [-0.4, -0.2) is 45.5 Å². The maximum absolute atomic E-state index is 12.6. The summed E-state index contributed by atoms with van der Waals surface area (Å²) in [6, 6.07) is 5.15. The van der Waals surface area contributed by atoms with Crippen molar-refractivity contribution < 1.29 is 4.79 Å². The first-order valence-corrected chi connectivity index (χ1v) is 9.72. The number of carbonyl (C=O) groups is 1. The van der Waals surface area contributed by atoms with Gasteiger partial charge >= 0.3 is 6.03 Å². The van der Waals surface area contributed by atoms with Gasteiger partial charge in [-0.3, -0.25) is 0 Å². The van der Waals surface area contributed by atoms with E-state index in [1.807, 2.05) is 30.1 Å². The Morgan fingerprint density at radius 1 is 1.35 bits per heavy atom. The van der Waals surface area contributed by atoms with Crippen LogP contribution in [0.5, 0.6) is 0 Å². The van der Waals surface area contributed by atoms with E-state index in [0.29, 0.717) is 23.9 Å². The minimum absolute atomic E-state index is 0.0933. The zero-order chi connectivity index (χ0) is 15.6. The van der Waals surface area contributed by atoms with Gasteiger partial charge in [0.1, 0.15) is 5.82 Å². The van der Waals surface area contributed by atoms with Crippen molar-refractivity contribution in [3.05, 3.63) is 23.9 Å². The Balaban J connectivity index is 1.33. The van der Waals surface area contributed by atoms with E-state index in [1.165, 1.54) is 25.7 Å². The predicted octanol–water partition coefficient (Wildman–Crippen LogP) is 2.84. The zero-order valence-electron chi connectivity index (χ0n) is 13.3. The van der Waals surface area contributed by atoms with Crippen LogP contribution >= 0.6 is 11.8 Å². The SMILES string of the molecule is O=C(NCc1ccnc(NC2CC2)c1)N1CCSC2CCCC21. The first-order valence-electron chi connectivity index (χ1n) is 8.67. The molecule has 2 saturated carbocycles. The van der Waals surface area contributed by atoms with E-state index in [4.69, 9.17) is 0 Å². The molecular formula is C17H24N4OS. The van der Waals surface area contributed by atoms with Crippen molar-refractivity contribution in [2.75, 3.05) is 17.6 Å². The number of hydrogen-bond donors (Lipinski definition) is 2. The number of rotatable bonds is 4. The van der Waals surface area contributed by atoms with Crippen molar-refractivity contribution in [3.63, 3.8) is 0 Å². The Bertz CT molecular complexity index is 577. The van der Waals surface area contributed by atoms with Gasteiger partial charge in [-0.1, -0.05) is 6.42 Å². The highest BCUT2D eigenvalue weighted by Gasteiger charge is 2.37. The van der Waals surface area contributed by atoms with Gasteiger partial charge in [-0.2, -0.15) is 11.8 Å². The van der Waals surface area contributed by atoms with Crippen LogP contribution in [0.4, 0.5) is 10.6 Å². The van der Waals surface area contributed by atoms with Crippen LogP contribution < -0.4 is 10.6 Å². The molecule has 0 spiro atoms. The summed E-state index contributed by atoms with van der Waals surface area (Å²) in [5, 5.41) is 7.16. The van der Waals surface area contributed by atoms with Gasteiger partial charge in [-0.25, -0.2) is 9.78 Å². The van der Waals surface area contributed by atoms with Gasteiger partial charge in [0, 0.05) is 42.4 Å². The number of anilines is 1. The van der Waals surface area contributed by atoms with Crippen molar-refractivity contribution in [1.29, 1.82) is 0 Å². The van der Waals surface area contributed by atoms with Crippen LogP contribution in [0.3, 0.4) is 0 Å². The number of fused-ring (bicyclic) bond motifs is 1. The van der Waals surface area contributed by atoms with E-state index in [-0.39, 0.29) is 6.03 Å². The summed E-state index contributed by atoms with van der Waals surface area (Å²) in [5.41, 5.74) is 1.10. The van der Waals surface area contributed by atoms with E-state index < -0.39 is 0 Å². The van der Waals surface area contributed by atoms with Gasteiger partial charge in [-0.15, -0.1) is 0 Å². The molecule has 6 heteroatoms. The quantitative estimate of drug-likeness (QED) is 0.890. The molecule has 3 aliphatic rings. The number of amides is 2. The van der Waals surface area contributed by atoms with Crippen molar-refractivity contribution in [3.8, 4) is 0 Å². The lowest BCUT2D eigenvalue weighted by Crippen LogP contribution is -2.51. The van der Waals surface area contributed by atoms with Crippen molar-refractivity contribution in [2.45, 2.75) is 56.0 Å². The lowest BCUT2D eigenvalue weighted by Gasteiger charge is -2.37. The van der Waals surface area contributed by atoms with Gasteiger partial charge in [0.15, 0.2) is 0 Å². The predicted molar refractivity (Wildman–Crippen MR) is 93.7 cm³/mol. The van der Waals surface area contributed by atoms with E-state index in [1.54, 1.807) is 0 Å². The number of nitrogens with one attached hydrogen (secondary N) is 2. The van der Waals surface area contributed by atoms with Gasteiger partial charge in [0.05, 0.1) is 0 Å². The summed E-state index contributed by atoms with van der Waals surface area (Å²) in [7, 11) is 0. The molecule has 1 saturated heterocycles. The Labute approximate surface area is 141 Å². The molecule has 124 valence electrons. The number of pyridine rings is 1. The average molecular weight is 332 g/mol. The van der Waals surface area contributed by atoms with Crippen molar-refractivity contribution >= 4 is 23.6 Å². The standard InChI is InChI=1S/C17H24N4OS/c22-17(21-8-9-23-15-3-1-2-14(15)21)19-11-12-6-7-18-16(10-12)20-13-4-5-13/h6-7,10,13-15H,1-5,8-9,11H2,(H,18,20)(H,19,22). The second-order valence-electron chi connectivity index (χ2n) is 6.73. The lowest BCUT2D eigenvalue weighted by atomic mass is 10.2. The number of aromatic nitrogens is 1. The highest BCUT2D eigenvalue weighted by atomic mass is 32.2. The third kappa shape index (κ3) is 3.57. The third-order valence-electron chi connectivity index (χ3n) is 4.94. The van der Waals surface area contributed by atoms with E-state index in [9.17, 15) is 4.79 Å². The molecule has 2 unspecified atom stereocenters. The maximum atomic E-state index is 12.6. The fourth-order valence-electron chi connectivity index (χ4n) is 3.56.